The summed E-state index contributed by atoms with van der Waals surface area (Å²) in [6.07, 6.45) is -0.0411. The largest absolute Gasteiger partial charge is 0.469 e. The second kappa shape index (κ2) is 11.7. The molecule has 6 nitrogen and oxygen atoms in total. The Labute approximate surface area is 138 Å². The molecule has 0 radical (unpaired) electrons. The van der Waals surface area contributed by atoms with Crippen LogP contribution in [0, 0.1) is 0 Å². The summed E-state index contributed by atoms with van der Waals surface area (Å²) in [5.74, 6) is -0.927. The summed E-state index contributed by atoms with van der Waals surface area (Å²) in [6, 6.07) is 0. The van der Waals surface area contributed by atoms with E-state index in [1.165, 1.54) is 37.4 Å². The summed E-state index contributed by atoms with van der Waals surface area (Å²) in [4.78, 5) is 22.9. The number of ether oxygens (including phenoxy) is 2. The molecular formula is C11H21O6PS3. The van der Waals surface area contributed by atoms with E-state index < -0.39 is 22.9 Å². The van der Waals surface area contributed by atoms with Crippen LogP contribution in [0.25, 0.3) is 0 Å². The van der Waals surface area contributed by atoms with Gasteiger partial charge in [-0.05, 0) is 25.7 Å². The Balaban J connectivity index is 4.49. The van der Waals surface area contributed by atoms with Gasteiger partial charge in [-0.2, -0.15) is 0 Å². The van der Waals surface area contributed by atoms with E-state index in [0.717, 1.165) is 0 Å². The lowest BCUT2D eigenvalue weighted by molar-refractivity contribution is -0.146. The molecule has 1 unspecified atom stereocenters. The van der Waals surface area contributed by atoms with E-state index in [4.69, 9.17) is 20.9 Å². The van der Waals surface area contributed by atoms with Gasteiger partial charge in [0.2, 0.25) is 5.69 Å². The number of rotatable bonds is 11. The van der Waals surface area contributed by atoms with Gasteiger partial charge in [-0.3, -0.25) is 9.59 Å². The first-order valence-electron chi connectivity index (χ1n) is 6.22. The van der Waals surface area contributed by atoms with Crippen LogP contribution >= 0.6 is 28.8 Å². The number of carbonyl (C=O) groups excluding carboxylic acids is 2. The van der Waals surface area contributed by atoms with Crippen molar-refractivity contribution in [2.45, 2.75) is 25.5 Å². The molecule has 0 aliphatic heterocycles. The summed E-state index contributed by atoms with van der Waals surface area (Å²) in [6.45, 7) is 4.64. The highest BCUT2D eigenvalue weighted by atomic mass is 32.9. The van der Waals surface area contributed by atoms with Crippen molar-refractivity contribution in [1.29, 1.82) is 0 Å². The lowest BCUT2D eigenvalue weighted by Crippen LogP contribution is -2.23. The lowest BCUT2D eigenvalue weighted by Gasteiger charge is -2.20. The van der Waals surface area contributed by atoms with Crippen molar-refractivity contribution in [2.24, 2.45) is 0 Å². The number of thioether (sulfide) groups is 1. The summed E-state index contributed by atoms with van der Waals surface area (Å²) in [5, 5.41) is -0.157. The predicted molar refractivity (Wildman–Crippen MR) is 90.0 cm³/mol. The Kier molecular flexibility index (Phi) is 11.9. The molecule has 0 aromatic carbocycles. The quantitative estimate of drug-likeness (QED) is 0.307. The molecule has 0 rings (SSSR count). The average molecular weight is 376 g/mol. The smallest absolute Gasteiger partial charge is 0.319 e. The first-order chi connectivity index (χ1) is 9.92. The molecule has 0 saturated heterocycles. The fourth-order valence-corrected chi connectivity index (χ4v) is 8.52. The predicted octanol–water partition coefficient (Wildman–Crippen LogP) is 2.81. The summed E-state index contributed by atoms with van der Waals surface area (Å²) in [7, 11) is 2.56. The van der Waals surface area contributed by atoms with Gasteiger partial charge in [-0.15, -0.1) is 11.8 Å². The third-order valence-corrected chi connectivity index (χ3v) is 9.40. The summed E-state index contributed by atoms with van der Waals surface area (Å²) >= 11 is 7.98. The third-order valence-electron chi connectivity index (χ3n) is 2.10. The molecule has 0 aromatic heterocycles. The van der Waals surface area contributed by atoms with E-state index in [9.17, 15) is 9.59 Å². The van der Waals surface area contributed by atoms with Crippen LogP contribution < -0.4 is 0 Å². The fourth-order valence-electron chi connectivity index (χ4n) is 1.18. The summed E-state index contributed by atoms with van der Waals surface area (Å²) in [5.41, 5.74) is -2.39. The van der Waals surface area contributed by atoms with E-state index in [2.05, 4.69) is 9.47 Å². The van der Waals surface area contributed by atoms with Crippen LogP contribution in [0.15, 0.2) is 0 Å². The molecule has 0 heterocycles. The van der Waals surface area contributed by atoms with E-state index in [0.29, 0.717) is 18.3 Å². The van der Waals surface area contributed by atoms with E-state index in [1.807, 2.05) is 13.8 Å². The van der Waals surface area contributed by atoms with Crippen LogP contribution in [0.4, 0.5) is 0 Å². The van der Waals surface area contributed by atoms with Crippen molar-refractivity contribution in [3.63, 3.8) is 0 Å². The monoisotopic (exact) mass is 376 g/mol. The number of hydrogen-bond donors (Lipinski definition) is 0. The van der Waals surface area contributed by atoms with Crippen LogP contribution in [-0.2, 0) is 39.9 Å². The maximum atomic E-state index is 11.6. The zero-order valence-electron chi connectivity index (χ0n) is 12.5. The van der Waals surface area contributed by atoms with Crippen molar-refractivity contribution < 1.29 is 28.1 Å². The van der Waals surface area contributed by atoms with Gasteiger partial charge >= 0.3 is 11.9 Å². The Morgan fingerprint density at radius 2 is 1.71 bits per heavy atom. The molecule has 0 bridgehead atoms. The van der Waals surface area contributed by atoms with Crippen molar-refractivity contribution in [3.05, 3.63) is 0 Å². The van der Waals surface area contributed by atoms with Gasteiger partial charge in [0.25, 0.3) is 0 Å². The molecule has 10 heteroatoms. The maximum Gasteiger partial charge on any atom is 0.319 e. The molecule has 21 heavy (non-hydrogen) atoms. The number of carbonyl (C=O) groups is 2. The van der Waals surface area contributed by atoms with Crippen molar-refractivity contribution >= 4 is 52.6 Å². The standard InChI is InChI=1S/C11H21O6PS3/c1-5-16-18(19,17-6-2)21-8-20-9(11(13)15-4)7-10(12)14-3/h9H,5-8H2,1-4H3. The zero-order valence-corrected chi connectivity index (χ0v) is 15.9. The second-order valence-corrected chi connectivity index (χ2v) is 11.4. The van der Waals surface area contributed by atoms with Gasteiger partial charge in [-0.25, -0.2) is 0 Å². The van der Waals surface area contributed by atoms with Gasteiger partial charge in [0, 0.05) is 5.08 Å². The van der Waals surface area contributed by atoms with Crippen LogP contribution in [0.3, 0.4) is 0 Å². The minimum atomic E-state index is -2.39. The Hall–Kier alpha value is 0.210. The molecule has 0 fully saturated rings. The summed E-state index contributed by atoms with van der Waals surface area (Å²) < 4.78 is 20.2. The molecule has 0 aliphatic rings. The number of hydrogen-bond acceptors (Lipinski definition) is 9. The minimum Gasteiger partial charge on any atom is -0.469 e. The molecule has 0 aliphatic carbocycles. The minimum absolute atomic E-state index is 0.0411. The third kappa shape index (κ3) is 9.05. The highest BCUT2D eigenvalue weighted by Crippen LogP contribution is 2.61. The maximum absolute atomic E-state index is 11.6. The molecule has 0 N–H and O–H groups in total. The average Bonchev–Trinajstić information content (AvgIpc) is 2.45. The number of methoxy groups -OCH3 is 2. The van der Waals surface area contributed by atoms with Crippen LogP contribution in [0.2, 0.25) is 0 Å². The van der Waals surface area contributed by atoms with Gasteiger partial charge in [0.15, 0.2) is 0 Å². The molecule has 0 saturated carbocycles. The second-order valence-electron chi connectivity index (χ2n) is 3.49. The van der Waals surface area contributed by atoms with Crippen molar-refractivity contribution in [2.75, 3.05) is 32.5 Å². The Bertz CT molecular complexity index is 369. The van der Waals surface area contributed by atoms with E-state index in [-0.39, 0.29) is 6.42 Å². The van der Waals surface area contributed by atoms with E-state index in [1.54, 1.807) is 0 Å². The Morgan fingerprint density at radius 3 is 2.14 bits per heavy atom. The van der Waals surface area contributed by atoms with Gasteiger partial charge in [0.1, 0.15) is 5.25 Å². The molecule has 124 valence electrons. The number of esters is 2. The fraction of sp³-hybridized carbons (Fsp3) is 0.818. The zero-order chi connectivity index (χ0) is 16.3. The normalized spacial score (nSPS) is 12.8. The van der Waals surface area contributed by atoms with Gasteiger partial charge in [0.05, 0.1) is 33.9 Å². The van der Waals surface area contributed by atoms with Crippen LogP contribution in [0.1, 0.15) is 20.3 Å². The van der Waals surface area contributed by atoms with Gasteiger partial charge < -0.3 is 18.5 Å². The topological polar surface area (TPSA) is 71.1 Å². The molecule has 0 amide bonds. The first-order valence-corrected chi connectivity index (χ1v) is 11.5. The molecular weight excluding hydrogens is 355 g/mol. The van der Waals surface area contributed by atoms with Crippen molar-refractivity contribution in [1.82, 2.24) is 0 Å². The van der Waals surface area contributed by atoms with Gasteiger partial charge in [-0.1, -0.05) is 11.4 Å². The van der Waals surface area contributed by atoms with Crippen molar-refractivity contribution in [3.8, 4) is 0 Å². The van der Waals surface area contributed by atoms with E-state index >= 15 is 0 Å². The van der Waals surface area contributed by atoms with Crippen LogP contribution in [0.5, 0.6) is 0 Å². The molecule has 1 atom stereocenters. The lowest BCUT2D eigenvalue weighted by atomic mass is 10.3. The molecule has 0 aromatic rings. The SMILES string of the molecule is CCOP(=S)(OCC)SCSC(CC(=O)OC)C(=O)OC. The Morgan fingerprint density at radius 1 is 1.14 bits per heavy atom. The highest BCUT2D eigenvalue weighted by molar-refractivity contribution is 8.69. The first kappa shape index (κ1) is 21.2. The highest BCUT2D eigenvalue weighted by Gasteiger charge is 2.26. The van der Waals surface area contributed by atoms with Crippen LogP contribution in [-0.4, -0.2) is 49.7 Å². The molecule has 0 spiro atoms.